The van der Waals surface area contributed by atoms with Crippen LogP contribution in [-0.4, -0.2) is 77.8 Å². The van der Waals surface area contributed by atoms with Gasteiger partial charge in [0.25, 0.3) is 5.91 Å². The molecule has 3 fully saturated rings. The van der Waals surface area contributed by atoms with Gasteiger partial charge in [-0.3, -0.25) is 19.2 Å². The molecular formula is C24H26N4O5S. The molecule has 0 aliphatic carbocycles. The van der Waals surface area contributed by atoms with Crippen molar-refractivity contribution < 1.29 is 23.9 Å². The monoisotopic (exact) mass is 482 g/mol. The second-order valence-corrected chi connectivity index (χ2v) is 9.87. The molecule has 1 aromatic heterocycles. The third-order valence-corrected chi connectivity index (χ3v) is 7.62. The Morgan fingerprint density at radius 3 is 2.71 bits per heavy atom. The first-order valence-electron chi connectivity index (χ1n) is 11.3. The van der Waals surface area contributed by atoms with E-state index in [0.717, 1.165) is 4.88 Å². The predicted octanol–water partition coefficient (Wildman–Crippen LogP) is 0.798. The highest BCUT2D eigenvalue weighted by molar-refractivity contribution is 7.10. The number of methoxy groups -OCH3 is 1. The third-order valence-electron chi connectivity index (χ3n) is 6.74. The number of amides is 4. The Bertz CT molecular complexity index is 1100. The van der Waals surface area contributed by atoms with Crippen LogP contribution >= 0.6 is 11.3 Å². The zero-order valence-electron chi connectivity index (χ0n) is 18.7. The summed E-state index contributed by atoms with van der Waals surface area (Å²) in [5.41, 5.74) is 0.460. The van der Waals surface area contributed by atoms with E-state index in [4.69, 9.17) is 4.74 Å². The molecule has 3 aliphatic rings. The largest absolute Gasteiger partial charge is 0.497 e. The maximum Gasteiger partial charge on any atom is 0.254 e. The van der Waals surface area contributed by atoms with Crippen LogP contribution in [0.1, 0.15) is 28.1 Å². The Kier molecular flexibility index (Phi) is 5.99. The molecule has 0 saturated carbocycles. The summed E-state index contributed by atoms with van der Waals surface area (Å²) in [6.07, 6.45) is 1.15. The average molecular weight is 483 g/mol. The van der Waals surface area contributed by atoms with Crippen molar-refractivity contribution in [1.29, 1.82) is 0 Å². The summed E-state index contributed by atoms with van der Waals surface area (Å²) in [4.78, 5) is 56.3. The number of likely N-dealkylation sites (tertiary alicyclic amines) is 1. The van der Waals surface area contributed by atoms with Gasteiger partial charge in [-0.15, -0.1) is 11.3 Å². The summed E-state index contributed by atoms with van der Waals surface area (Å²) in [6.45, 7) is 0.632. The molecule has 9 nitrogen and oxygen atoms in total. The smallest absolute Gasteiger partial charge is 0.254 e. The molecule has 0 spiro atoms. The molecule has 5 rings (SSSR count). The van der Waals surface area contributed by atoms with Gasteiger partial charge in [0.1, 0.15) is 17.8 Å². The van der Waals surface area contributed by atoms with Gasteiger partial charge in [-0.25, -0.2) is 0 Å². The minimum atomic E-state index is -0.760. The molecule has 10 heteroatoms. The molecule has 2 N–H and O–H groups in total. The maximum absolute atomic E-state index is 13.6. The van der Waals surface area contributed by atoms with Gasteiger partial charge in [0, 0.05) is 29.6 Å². The fourth-order valence-electron chi connectivity index (χ4n) is 5.11. The molecule has 0 bridgehead atoms. The van der Waals surface area contributed by atoms with E-state index in [-0.39, 0.29) is 42.6 Å². The SMILES string of the molecule is COc1ccc(C(=O)N2CC[C@@H]3NC(=O)[C@H]4C[C@H](NC(=O)Cc5cccs5)CN4C(=O)[C@H]32)cc1. The van der Waals surface area contributed by atoms with Crippen LogP contribution in [0.15, 0.2) is 41.8 Å². The van der Waals surface area contributed by atoms with Crippen molar-refractivity contribution in [3.8, 4) is 5.75 Å². The second-order valence-electron chi connectivity index (χ2n) is 8.84. The molecule has 3 saturated heterocycles. The number of thiophene rings is 1. The second kappa shape index (κ2) is 9.09. The highest BCUT2D eigenvalue weighted by Gasteiger charge is 2.52. The molecule has 178 valence electrons. The number of carbonyl (C=O) groups is 4. The summed E-state index contributed by atoms with van der Waals surface area (Å²) in [7, 11) is 1.55. The van der Waals surface area contributed by atoms with Gasteiger partial charge in [0.2, 0.25) is 17.7 Å². The van der Waals surface area contributed by atoms with Crippen LogP contribution in [0.25, 0.3) is 0 Å². The summed E-state index contributed by atoms with van der Waals surface area (Å²) < 4.78 is 5.16. The number of nitrogens with zero attached hydrogens (tertiary/aromatic N) is 2. The van der Waals surface area contributed by atoms with Gasteiger partial charge in [0.05, 0.1) is 19.6 Å². The number of ether oxygens (including phenoxy) is 1. The van der Waals surface area contributed by atoms with Gasteiger partial charge in [-0.1, -0.05) is 6.07 Å². The molecule has 4 atom stereocenters. The number of carbonyl (C=O) groups excluding carboxylic acids is 4. The Labute approximate surface area is 201 Å². The van der Waals surface area contributed by atoms with Gasteiger partial charge in [0.15, 0.2) is 0 Å². The summed E-state index contributed by atoms with van der Waals surface area (Å²) in [5.74, 6) is -0.220. The maximum atomic E-state index is 13.6. The van der Waals surface area contributed by atoms with E-state index in [1.165, 1.54) is 16.2 Å². The normalized spacial score (nSPS) is 25.9. The van der Waals surface area contributed by atoms with Gasteiger partial charge in [-0.05, 0) is 48.6 Å². The van der Waals surface area contributed by atoms with E-state index < -0.39 is 18.1 Å². The lowest BCUT2D eigenvalue weighted by molar-refractivity contribution is -0.138. The van der Waals surface area contributed by atoms with Crippen molar-refractivity contribution in [1.82, 2.24) is 20.4 Å². The lowest BCUT2D eigenvalue weighted by Gasteiger charge is -2.29. The standard InChI is InChI=1S/C24H26N4O5S/c1-33-16-6-4-14(5-7-16)23(31)27-9-8-18-21(27)24(32)28-13-15(11-19(28)22(30)26-18)25-20(29)12-17-3-2-10-34-17/h2-7,10,15,18-19,21H,8-9,11-13H2,1H3,(H,25,29)(H,26,30)/t15-,18-,19+,21-/m0/s1. The van der Waals surface area contributed by atoms with Crippen LogP contribution in [0, 0.1) is 0 Å². The predicted molar refractivity (Wildman–Crippen MR) is 124 cm³/mol. The first kappa shape index (κ1) is 22.4. The van der Waals surface area contributed by atoms with Crippen molar-refractivity contribution >= 4 is 35.0 Å². The summed E-state index contributed by atoms with van der Waals surface area (Å²) in [5, 5.41) is 7.87. The van der Waals surface area contributed by atoms with E-state index in [0.29, 0.717) is 30.7 Å². The molecule has 4 amide bonds. The fourth-order valence-corrected chi connectivity index (χ4v) is 5.81. The highest BCUT2D eigenvalue weighted by atomic mass is 32.1. The number of benzene rings is 1. The van der Waals surface area contributed by atoms with E-state index in [1.54, 1.807) is 36.3 Å². The van der Waals surface area contributed by atoms with E-state index in [2.05, 4.69) is 10.6 Å². The van der Waals surface area contributed by atoms with Gasteiger partial charge in [-0.2, -0.15) is 0 Å². The van der Waals surface area contributed by atoms with Crippen molar-refractivity contribution in [2.75, 3.05) is 20.2 Å². The third kappa shape index (κ3) is 4.13. The van der Waals surface area contributed by atoms with Crippen LogP contribution in [0.4, 0.5) is 0 Å². The van der Waals surface area contributed by atoms with E-state index in [9.17, 15) is 19.2 Å². The quantitative estimate of drug-likeness (QED) is 0.656. The molecule has 3 aliphatic heterocycles. The van der Waals surface area contributed by atoms with Crippen molar-refractivity contribution in [2.24, 2.45) is 0 Å². The Balaban J connectivity index is 1.30. The molecule has 1 aromatic carbocycles. The summed E-state index contributed by atoms with van der Waals surface area (Å²) in [6, 6.07) is 8.42. The van der Waals surface area contributed by atoms with Crippen molar-refractivity contribution in [3.05, 3.63) is 52.2 Å². The minimum Gasteiger partial charge on any atom is -0.497 e. The highest BCUT2D eigenvalue weighted by Crippen LogP contribution is 2.30. The minimum absolute atomic E-state index is 0.131. The zero-order valence-corrected chi connectivity index (χ0v) is 19.5. The van der Waals surface area contributed by atoms with Gasteiger partial charge < -0.3 is 25.2 Å². The first-order chi connectivity index (χ1) is 16.4. The molecule has 4 heterocycles. The number of nitrogens with one attached hydrogen (secondary N) is 2. The Morgan fingerprint density at radius 1 is 1.21 bits per heavy atom. The van der Waals surface area contributed by atoms with Crippen LogP contribution in [-0.2, 0) is 20.8 Å². The van der Waals surface area contributed by atoms with Crippen LogP contribution in [0.3, 0.4) is 0 Å². The number of rotatable bonds is 5. The number of fused-ring (bicyclic) bond motifs is 2. The van der Waals surface area contributed by atoms with Crippen LogP contribution in [0.2, 0.25) is 0 Å². The van der Waals surface area contributed by atoms with Crippen LogP contribution in [0.5, 0.6) is 5.75 Å². The molecule has 0 unspecified atom stereocenters. The Morgan fingerprint density at radius 2 is 2.00 bits per heavy atom. The average Bonchev–Trinajstić information content (AvgIpc) is 3.57. The number of hydrogen-bond donors (Lipinski definition) is 2. The molecule has 34 heavy (non-hydrogen) atoms. The molecular weight excluding hydrogens is 456 g/mol. The van der Waals surface area contributed by atoms with E-state index >= 15 is 0 Å². The fraction of sp³-hybridized carbons (Fsp3) is 0.417. The van der Waals surface area contributed by atoms with E-state index in [1.807, 2.05) is 17.5 Å². The topological polar surface area (TPSA) is 108 Å². The molecule has 2 aromatic rings. The number of hydrogen-bond acceptors (Lipinski definition) is 6. The zero-order chi connectivity index (χ0) is 23.8. The van der Waals surface area contributed by atoms with Crippen molar-refractivity contribution in [2.45, 2.75) is 43.4 Å². The summed E-state index contributed by atoms with van der Waals surface area (Å²) >= 11 is 1.51. The first-order valence-corrected chi connectivity index (χ1v) is 12.2. The van der Waals surface area contributed by atoms with Crippen molar-refractivity contribution in [3.63, 3.8) is 0 Å². The van der Waals surface area contributed by atoms with Gasteiger partial charge >= 0.3 is 0 Å². The molecule has 0 radical (unpaired) electrons. The Hall–Kier alpha value is -3.40. The lowest BCUT2D eigenvalue weighted by atomic mass is 10.1. The lowest BCUT2D eigenvalue weighted by Crippen LogP contribution is -2.52. The van der Waals surface area contributed by atoms with Crippen LogP contribution < -0.4 is 15.4 Å².